The fourth-order valence-corrected chi connectivity index (χ4v) is 2.88. The van der Waals surface area contributed by atoms with Crippen LogP contribution in [0.3, 0.4) is 0 Å². The first kappa shape index (κ1) is 24.0. The van der Waals surface area contributed by atoms with Crippen LogP contribution in [0, 0.1) is 18.8 Å². The van der Waals surface area contributed by atoms with E-state index in [1.807, 2.05) is 19.1 Å². The standard InChI is InChI=1S/C19H31N3O.2ClH/c1-12(2)15(5)21-17-8-6-7-16(14(17)4)19(23)22-18-11-20-10-9-13(18)3;;/h6-8,12-13,15,18,20-21H,9-11H2,1-5H3,(H,22,23);2*1H. The second-order valence-electron chi connectivity index (χ2n) is 7.21. The number of carbonyl (C=O) groups is 1. The van der Waals surface area contributed by atoms with Gasteiger partial charge in [-0.05, 0) is 56.3 Å². The molecule has 1 aliphatic heterocycles. The lowest BCUT2D eigenvalue weighted by molar-refractivity contribution is 0.0914. The van der Waals surface area contributed by atoms with Crippen LogP contribution < -0.4 is 16.0 Å². The van der Waals surface area contributed by atoms with Crippen LogP contribution in [-0.4, -0.2) is 31.1 Å². The van der Waals surface area contributed by atoms with Crippen LogP contribution in [0.1, 0.15) is 50.0 Å². The number of nitrogens with one attached hydrogen (secondary N) is 3. The van der Waals surface area contributed by atoms with Crippen LogP contribution in [0.25, 0.3) is 0 Å². The van der Waals surface area contributed by atoms with Crippen molar-refractivity contribution in [3.8, 4) is 0 Å². The van der Waals surface area contributed by atoms with E-state index in [0.29, 0.717) is 17.9 Å². The van der Waals surface area contributed by atoms with Crippen LogP contribution in [0.5, 0.6) is 0 Å². The molecule has 4 nitrogen and oxygen atoms in total. The molecule has 0 saturated carbocycles. The van der Waals surface area contributed by atoms with E-state index in [2.05, 4.69) is 49.7 Å². The molecule has 3 unspecified atom stereocenters. The van der Waals surface area contributed by atoms with E-state index in [1.165, 1.54) is 0 Å². The van der Waals surface area contributed by atoms with Gasteiger partial charge in [-0.15, -0.1) is 24.8 Å². The molecule has 3 atom stereocenters. The second kappa shape index (κ2) is 10.9. The van der Waals surface area contributed by atoms with Crippen molar-refractivity contribution in [2.45, 2.75) is 53.1 Å². The highest BCUT2D eigenvalue weighted by molar-refractivity contribution is 5.97. The normalized spacial score (nSPS) is 20.9. The highest BCUT2D eigenvalue weighted by Gasteiger charge is 2.24. The molecule has 0 spiro atoms. The summed E-state index contributed by atoms with van der Waals surface area (Å²) in [5.41, 5.74) is 2.84. The van der Waals surface area contributed by atoms with Gasteiger partial charge in [-0.2, -0.15) is 0 Å². The number of anilines is 1. The van der Waals surface area contributed by atoms with Gasteiger partial charge < -0.3 is 16.0 Å². The van der Waals surface area contributed by atoms with E-state index in [4.69, 9.17) is 0 Å². The molecule has 1 aromatic carbocycles. The topological polar surface area (TPSA) is 53.2 Å². The molecule has 1 aliphatic rings. The van der Waals surface area contributed by atoms with E-state index in [0.717, 1.165) is 36.3 Å². The summed E-state index contributed by atoms with van der Waals surface area (Å²) in [6, 6.07) is 6.50. The number of hydrogen-bond donors (Lipinski definition) is 3. The van der Waals surface area contributed by atoms with E-state index in [1.54, 1.807) is 0 Å². The van der Waals surface area contributed by atoms with Crippen molar-refractivity contribution in [1.29, 1.82) is 0 Å². The highest BCUT2D eigenvalue weighted by Crippen LogP contribution is 2.22. The molecule has 1 aromatic rings. The number of carbonyl (C=O) groups excluding carboxylic acids is 1. The quantitative estimate of drug-likeness (QED) is 0.712. The SMILES string of the molecule is Cc1c(NC(C)C(C)C)cccc1C(=O)NC1CNCCC1C.Cl.Cl. The zero-order chi connectivity index (χ0) is 17.0. The van der Waals surface area contributed by atoms with Gasteiger partial charge in [-0.3, -0.25) is 4.79 Å². The molecule has 0 aliphatic carbocycles. The first-order valence-corrected chi connectivity index (χ1v) is 8.78. The Hall–Kier alpha value is -0.970. The Bertz CT molecular complexity index is 551. The Morgan fingerprint density at radius 2 is 1.92 bits per heavy atom. The first-order valence-electron chi connectivity index (χ1n) is 8.78. The number of piperidine rings is 1. The van der Waals surface area contributed by atoms with Gasteiger partial charge in [-0.1, -0.05) is 26.8 Å². The second-order valence-corrected chi connectivity index (χ2v) is 7.21. The number of hydrogen-bond acceptors (Lipinski definition) is 3. The van der Waals surface area contributed by atoms with E-state index in [-0.39, 0.29) is 36.8 Å². The minimum Gasteiger partial charge on any atom is -0.382 e. The third kappa shape index (κ3) is 6.36. The average molecular weight is 390 g/mol. The van der Waals surface area contributed by atoms with Crippen LogP contribution in [-0.2, 0) is 0 Å². The van der Waals surface area contributed by atoms with Crippen molar-refractivity contribution in [3.05, 3.63) is 29.3 Å². The zero-order valence-corrected chi connectivity index (χ0v) is 17.5. The zero-order valence-electron chi connectivity index (χ0n) is 15.9. The number of benzene rings is 1. The van der Waals surface area contributed by atoms with Crippen molar-refractivity contribution >= 4 is 36.4 Å². The van der Waals surface area contributed by atoms with Crippen LogP contribution in [0.15, 0.2) is 18.2 Å². The molecule has 25 heavy (non-hydrogen) atoms. The molecule has 2 rings (SSSR count). The predicted octanol–water partition coefficient (Wildman–Crippen LogP) is 4.02. The summed E-state index contributed by atoms with van der Waals surface area (Å²) in [4.78, 5) is 12.7. The van der Waals surface area contributed by atoms with Gasteiger partial charge in [0.15, 0.2) is 0 Å². The van der Waals surface area contributed by atoms with Gasteiger partial charge in [0.25, 0.3) is 5.91 Å². The predicted molar refractivity (Wildman–Crippen MR) is 112 cm³/mol. The third-order valence-corrected chi connectivity index (χ3v) is 5.11. The van der Waals surface area contributed by atoms with Crippen molar-refractivity contribution in [2.75, 3.05) is 18.4 Å². The summed E-state index contributed by atoms with van der Waals surface area (Å²) in [5.74, 6) is 1.09. The average Bonchev–Trinajstić information content (AvgIpc) is 2.51. The van der Waals surface area contributed by atoms with Gasteiger partial charge in [-0.25, -0.2) is 0 Å². The summed E-state index contributed by atoms with van der Waals surface area (Å²) in [5, 5.41) is 10.1. The maximum absolute atomic E-state index is 12.7. The van der Waals surface area contributed by atoms with Gasteiger partial charge in [0.05, 0.1) is 0 Å². The maximum atomic E-state index is 12.7. The van der Waals surface area contributed by atoms with Crippen molar-refractivity contribution < 1.29 is 4.79 Å². The van der Waals surface area contributed by atoms with E-state index < -0.39 is 0 Å². The summed E-state index contributed by atoms with van der Waals surface area (Å²) in [6.45, 7) is 12.7. The fraction of sp³-hybridized carbons (Fsp3) is 0.632. The first-order chi connectivity index (χ1) is 10.9. The minimum atomic E-state index is 0. The molecule has 1 saturated heterocycles. The molecule has 1 amide bonds. The van der Waals surface area contributed by atoms with Crippen molar-refractivity contribution in [1.82, 2.24) is 10.6 Å². The summed E-state index contributed by atoms with van der Waals surface area (Å²) in [6.07, 6.45) is 1.11. The van der Waals surface area contributed by atoms with Gasteiger partial charge >= 0.3 is 0 Å². The van der Waals surface area contributed by atoms with Crippen LogP contribution >= 0.6 is 24.8 Å². The molecule has 1 fully saturated rings. The lowest BCUT2D eigenvalue weighted by Crippen LogP contribution is -2.50. The monoisotopic (exact) mass is 389 g/mol. The van der Waals surface area contributed by atoms with E-state index >= 15 is 0 Å². The molecule has 144 valence electrons. The summed E-state index contributed by atoms with van der Waals surface area (Å²) >= 11 is 0. The lowest BCUT2D eigenvalue weighted by atomic mass is 9.94. The third-order valence-electron chi connectivity index (χ3n) is 5.11. The maximum Gasteiger partial charge on any atom is 0.251 e. The molecule has 0 aromatic heterocycles. The molecule has 3 N–H and O–H groups in total. The molecule has 0 radical (unpaired) electrons. The van der Waals surface area contributed by atoms with Gasteiger partial charge in [0.2, 0.25) is 0 Å². The van der Waals surface area contributed by atoms with Gasteiger partial charge in [0.1, 0.15) is 0 Å². The fourth-order valence-electron chi connectivity index (χ4n) is 2.88. The largest absolute Gasteiger partial charge is 0.382 e. The Balaban J connectivity index is 0.00000288. The smallest absolute Gasteiger partial charge is 0.251 e. The molecular formula is C19H33Cl2N3O. The van der Waals surface area contributed by atoms with Crippen LogP contribution in [0.2, 0.25) is 0 Å². The Morgan fingerprint density at radius 3 is 2.52 bits per heavy atom. The summed E-state index contributed by atoms with van der Waals surface area (Å²) < 4.78 is 0. The molecular weight excluding hydrogens is 357 g/mol. The number of amides is 1. The molecule has 6 heteroatoms. The minimum absolute atomic E-state index is 0. The molecule has 1 heterocycles. The highest BCUT2D eigenvalue weighted by atomic mass is 35.5. The van der Waals surface area contributed by atoms with E-state index in [9.17, 15) is 4.79 Å². The lowest BCUT2D eigenvalue weighted by Gasteiger charge is -2.30. The Morgan fingerprint density at radius 1 is 1.24 bits per heavy atom. The Labute approximate surface area is 164 Å². The van der Waals surface area contributed by atoms with Crippen LogP contribution in [0.4, 0.5) is 5.69 Å². The van der Waals surface area contributed by atoms with Gasteiger partial charge in [0, 0.05) is 29.9 Å². The van der Waals surface area contributed by atoms with Crippen molar-refractivity contribution in [2.24, 2.45) is 11.8 Å². The van der Waals surface area contributed by atoms with Crippen molar-refractivity contribution in [3.63, 3.8) is 0 Å². The number of rotatable bonds is 5. The Kier molecular flexibility index (Phi) is 10.5. The number of halogens is 2. The summed E-state index contributed by atoms with van der Waals surface area (Å²) in [7, 11) is 0. The molecule has 0 bridgehead atoms.